The van der Waals surface area contributed by atoms with E-state index < -0.39 is 0 Å². The Balaban J connectivity index is 1.82. The summed E-state index contributed by atoms with van der Waals surface area (Å²) >= 11 is 0. The molecule has 2 aliphatic rings. The first-order valence-electron chi connectivity index (χ1n) is 7.24. The number of nitrogens with zero attached hydrogens (tertiary/aromatic N) is 1. The summed E-state index contributed by atoms with van der Waals surface area (Å²) in [7, 11) is 1.85. The molecule has 0 aromatic carbocycles. The second-order valence-corrected chi connectivity index (χ2v) is 5.89. The number of hydrogen-bond acceptors (Lipinski definition) is 3. The molecule has 3 nitrogen and oxygen atoms in total. The maximum atomic E-state index is 5.44. The highest BCUT2D eigenvalue weighted by Crippen LogP contribution is 2.33. The summed E-state index contributed by atoms with van der Waals surface area (Å²) in [6.45, 7) is 8.51. The molecule has 0 aliphatic carbocycles. The van der Waals surface area contributed by atoms with Crippen LogP contribution in [0.2, 0.25) is 0 Å². The molecule has 2 saturated heterocycles. The van der Waals surface area contributed by atoms with Gasteiger partial charge in [-0.1, -0.05) is 13.3 Å². The molecular weight excluding hydrogens is 212 g/mol. The molecule has 1 N–H and O–H groups in total. The predicted octanol–water partition coefficient (Wildman–Crippen LogP) is 1.88. The first-order valence-corrected chi connectivity index (χ1v) is 7.24. The van der Waals surface area contributed by atoms with Crippen molar-refractivity contribution in [2.24, 2.45) is 5.41 Å². The van der Waals surface area contributed by atoms with Crippen molar-refractivity contribution in [3.63, 3.8) is 0 Å². The Morgan fingerprint density at radius 1 is 1.35 bits per heavy atom. The standard InChI is InChI=1S/C14H28N2O/c1-3-6-14(7-8-15-11-14)12-16-9-4-13(17-2)5-10-16/h13,15H,3-12H2,1-2H3. The van der Waals surface area contributed by atoms with Crippen LogP contribution in [0.15, 0.2) is 0 Å². The second-order valence-electron chi connectivity index (χ2n) is 5.89. The van der Waals surface area contributed by atoms with Crippen LogP contribution in [0.25, 0.3) is 0 Å². The molecule has 2 rings (SSSR count). The zero-order valence-electron chi connectivity index (χ0n) is 11.5. The largest absolute Gasteiger partial charge is 0.381 e. The van der Waals surface area contributed by atoms with E-state index in [0.717, 1.165) is 0 Å². The molecule has 0 bridgehead atoms. The third-order valence-corrected chi connectivity index (χ3v) is 4.54. The third-order valence-electron chi connectivity index (χ3n) is 4.54. The van der Waals surface area contributed by atoms with Gasteiger partial charge in [0.1, 0.15) is 0 Å². The maximum Gasteiger partial charge on any atom is 0.0595 e. The van der Waals surface area contributed by atoms with Gasteiger partial charge in [-0.05, 0) is 37.6 Å². The van der Waals surface area contributed by atoms with E-state index in [9.17, 15) is 0 Å². The Bertz CT molecular complexity index is 218. The molecule has 0 saturated carbocycles. The van der Waals surface area contributed by atoms with Gasteiger partial charge in [0.25, 0.3) is 0 Å². The zero-order valence-corrected chi connectivity index (χ0v) is 11.5. The average molecular weight is 240 g/mol. The number of nitrogens with one attached hydrogen (secondary N) is 1. The lowest BCUT2D eigenvalue weighted by Gasteiger charge is -2.38. The fraction of sp³-hybridized carbons (Fsp3) is 1.00. The summed E-state index contributed by atoms with van der Waals surface area (Å²) in [5, 5.41) is 3.56. The molecule has 3 heteroatoms. The van der Waals surface area contributed by atoms with Crippen LogP contribution in [0.3, 0.4) is 0 Å². The number of likely N-dealkylation sites (tertiary alicyclic amines) is 1. The first kappa shape index (κ1) is 13.3. The molecular formula is C14H28N2O. The molecule has 100 valence electrons. The van der Waals surface area contributed by atoms with E-state index in [0.29, 0.717) is 11.5 Å². The normalized spacial score (nSPS) is 32.1. The molecule has 0 aromatic heterocycles. The SMILES string of the molecule is CCCC1(CN2CCC(OC)CC2)CCNC1. The van der Waals surface area contributed by atoms with Crippen LogP contribution >= 0.6 is 0 Å². The fourth-order valence-corrected chi connectivity index (χ4v) is 3.53. The van der Waals surface area contributed by atoms with Crippen LogP contribution in [0.4, 0.5) is 0 Å². The molecule has 17 heavy (non-hydrogen) atoms. The van der Waals surface area contributed by atoms with E-state index in [1.54, 1.807) is 0 Å². The number of piperidine rings is 1. The molecule has 0 aromatic rings. The lowest BCUT2D eigenvalue weighted by atomic mass is 9.81. The van der Waals surface area contributed by atoms with Crippen molar-refractivity contribution in [3.8, 4) is 0 Å². The van der Waals surface area contributed by atoms with Crippen molar-refractivity contribution in [2.45, 2.75) is 45.1 Å². The first-order chi connectivity index (χ1) is 8.28. The van der Waals surface area contributed by atoms with Crippen molar-refractivity contribution >= 4 is 0 Å². The van der Waals surface area contributed by atoms with Gasteiger partial charge in [-0.3, -0.25) is 0 Å². The van der Waals surface area contributed by atoms with Crippen molar-refractivity contribution < 1.29 is 4.74 Å². The highest BCUT2D eigenvalue weighted by Gasteiger charge is 2.35. The highest BCUT2D eigenvalue weighted by atomic mass is 16.5. The van der Waals surface area contributed by atoms with Gasteiger partial charge >= 0.3 is 0 Å². The van der Waals surface area contributed by atoms with Gasteiger partial charge in [0.15, 0.2) is 0 Å². The molecule has 0 spiro atoms. The number of ether oxygens (including phenoxy) is 1. The smallest absolute Gasteiger partial charge is 0.0595 e. The predicted molar refractivity (Wildman–Crippen MR) is 71.3 cm³/mol. The number of methoxy groups -OCH3 is 1. The van der Waals surface area contributed by atoms with Gasteiger partial charge in [0.05, 0.1) is 6.10 Å². The Labute approximate surface area is 106 Å². The summed E-state index contributed by atoms with van der Waals surface area (Å²) in [6.07, 6.45) is 7.00. The van der Waals surface area contributed by atoms with Crippen LogP contribution in [0, 0.1) is 5.41 Å². The summed E-state index contributed by atoms with van der Waals surface area (Å²) < 4.78 is 5.44. The van der Waals surface area contributed by atoms with Crippen LogP contribution in [0.5, 0.6) is 0 Å². The summed E-state index contributed by atoms with van der Waals surface area (Å²) in [5.74, 6) is 0. The molecule has 2 heterocycles. The molecule has 2 fully saturated rings. The van der Waals surface area contributed by atoms with Gasteiger partial charge in [-0.25, -0.2) is 0 Å². The van der Waals surface area contributed by atoms with Gasteiger partial charge < -0.3 is 15.0 Å². The number of hydrogen-bond donors (Lipinski definition) is 1. The Kier molecular flexibility index (Phi) is 4.83. The van der Waals surface area contributed by atoms with Crippen molar-refractivity contribution in [1.82, 2.24) is 10.2 Å². The van der Waals surface area contributed by atoms with E-state index in [4.69, 9.17) is 4.74 Å². The monoisotopic (exact) mass is 240 g/mol. The molecule has 1 atom stereocenters. The van der Waals surface area contributed by atoms with Crippen LogP contribution in [-0.2, 0) is 4.74 Å². The van der Waals surface area contributed by atoms with E-state index in [1.807, 2.05) is 7.11 Å². The van der Waals surface area contributed by atoms with Crippen LogP contribution in [-0.4, -0.2) is 50.8 Å². The summed E-state index contributed by atoms with van der Waals surface area (Å²) in [4.78, 5) is 2.66. The molecule has 1 unspecified atom stereocenters. The minimum absolute atomic E-state index is 0.509. The minimum atomic E-state index is 0.509. The quantitative estimate of drug-likeness (QED) is 0.794. The second kappa shape index (κ2) is 6.17. The van der Waals surface area contributed by atoms with Crippen LogP contribution in [0.1, 0.15) is 39.0 Å². The fourth-order valence-electron chi connectivity index (χ4n) is 3.53. The Morgan fingerprint density at radius 2 is 2.12 bits per heavy atom. The highest BCUT2D eigenvalue weighted by molar-refractivity contribution is 4.91. The summed E-state index contributed by atoms with van der Waals surface area (Å²) in [5.41, 5.74) is 0.564. The molecule has 0 amide bonds. The third kappa shape index (κ3) is 3.43. The average Bonchev–Trinajstić information content (AvgIpc) is 2.79. The molecule has 2 aliphatic heterocycles. The molecule has 0 radical (unpaired) electrons. The Hall–Kier alpha value is -0.120. The van der Waals surface area contributed by atoms with Gasteiger partial charge in [0.2, 0.25) is 0 Å². The minimum Gasteiger partial charge on any atom is -0.381 e. The summed E-state index contributed by atoms with van der Waals surface area (Å²) in [6, 6.07) is 0. The lowest BCUT2D eigenvalue weighted by molar-refractivity contribution is 0.0269. The number of rotatable bonds is 5. The van der Waals surface area contributed by atoms with Crippen LogP contribution < -0.4 is 5.32 Å². The lowest BCUT2D eigenvalue weighted by Crippen LogP contribution is -2.44. The topological polar surface area (TPSA) is 24.5 Å². The van der Waals surface area contributed by atoms with Gasteiger partial charge in [0, 0.05) is 33.3 Å². The van der Waals surface area contributed by atoms with E-state index >= 15 is 0 Å². The van der Waals surface area contributed by atoms with E-state index in [2.05, 4.69) is 17.1 Å². The maximum absolute atomic E-state index is 5.44. The van der Waals surface area contributed by atoms with Crippen molar-refractivity contribution in [2.75, 3.05) is 39.8 Å². The van der Waals surface area contributed by atoms with Gasteiger partial charge in [-0.15, -0.1) is 0 Å². The van der Waals surface area contributed by atoms with Gasteiger partial charge in [-0.2, -0.15) is 0 Å². The van der Waals surface area contributed by atoms with Crippen molar-refractivity contribution in [1.29, 1.82) is 0 Å². The van der Waals surface area contributed by atoms with Crippen molar-refractivity contribution in [3.05, 3.63) is 0 Å². The van der Waals surface area contributed by atoms with E-state index in [1.165, 1.54) is 64.8 Å². The Morgan fingerprint density at radius 3 is 2.65 bits per heavy atom. The van der Waals surface area contributed by atoms with E-state index in [-0.39, 0.29) is 0 Å². The zero-order chi connectivity index (χ0) is 12.1.